The average Bonchev–Trinajstić information content (AvgIpc) is 2.34. The Labute approximate surface area is 109 Å². The molecule has 0 bridgehead atoms. The maximum atomic E-state index is 11.4. The van der Waals surface area contributed by atoms with E-state index < -0.39 is 0 Å². The second-order valence-electron chi connectivity index (χ2n) is 4.49. The van der Waals surface area contributed by atoms with E-state index in [4.69, 9.17) is 4.74 Å². The molecule has 0 heterocycles. The van der Waals surface area contributed by atoms with Crippen molar-refractivity contribution in [1.29, 1.82) is 0 Å². The summed E-state index contributed by atoms with van der Waals surface area (Å²) in [7, 11) is 5.12. The number of carbonyl (C=O) groups is 1. The van der Waals surface area contributed by atoms with Crippen LogP contribution in [0.15, 0.2) is 12.1 Å². The number of carbonyl (C=O) groups excluding carboxylic acids is 1. The molecule has 2 amide bonds. The molecule has 0 spiro atoms. The first-order chi connectivity index (χ1) is 8.49. The van der Waals surface area contributed by atoms with Crippen LogP contribution < -0.4 is 10.1 Å². The molecule has 18 heavy (non-hydrogen) atoms. The topological polar surface area (TPSA) is 41.6 Å². The number of nitrogens with one attached hydrogen (secondary N) is 1. The Hall–Kier alpha value is -1.71. The molecule has 0 aromatic heterocycles. The first kappa shape index (κ1) is 14.4. The minimum absolute atomic E-state index is 0.0584. The van der Waals surface area contributed by atoms with Gasteiger partial charge in [-0.05, 0) is 37.0 Å². The van der Waals surface area contributed by atoms with Crippen molar-refractivity contribution in [1.82, 2.24) is 10.2 Å². The van der Waals surface area contributed by atoms with Gasteiger partial charge in [0.25, 0.3) is 0 Å². The summed E-state index contributed by atoms with van der Waals surface area (Å²) in [6, 6.07) is 4.17. The Bertz CT molecular complexity index is 407. The van der Waals surface area contributed by atoms with E-state index in [1.807, 2.05) is 13.8 Å². The smallest absolute Gasteiger partial charge is 0.316 e. The first-order valence-corrected chi connectivity index (χ1v) is 6.06. The van der Waals surface area contributed by atoms with Gasteiger partial charge in [0.15, 0.2) is 0 Å². The lowest BCUT2D eigenvalue weighted by Gasteiger charge is -2.17. The van der Waals surface area contributed by atoms with Crippen LogP contribution in [0.1, 0.15) is 16.7 Å². The number of ether oxygens (including phenoxy) is 1. The molecule has 0 fully saturated rings. The van der Waals surface area contributed by atoms with E-state index in [0.717, 1.165) is 23.3 Å². The van der Waals surface area contributed by atoms with Crippen molar-refractivity contribution >= 4 is 6.03 Å². The second kappa shape index (κ2) is 6.28. The maximum Gasteiger partial charge on any atom is 0.316 e. The van der Waals surface area contributed by atoms with Crippen molar-refractivity contribution < 1.29 is 9.53 Å². The summed E-state index contributed by atoms with van der Waals surface area (Å²) in [4.78, 5) is 13.0. The highest BCUT2D eigenvalue weighted by Crippen LogP contribution is 2.24. The number of aryl methyl sites for hydroxylation is 2. The monoisotopic (exact) mass is 250 g/mol. The van der Waals surface area contributed by atoms with E-state index in [1.165, 1.54) is 5.56 Å². The molecule has 1 aromatic rings. The Morgan fingerprint density at radius 2 is 1.89 bits per heavy atom. The largest absolute Gasteiger partial charge is 0.496 e. The zero-order valence-electron chi connectivity index (χ0n) is 11.8. The summed E-state index contributed by atoms with van der Waals surface area (Å²) in [6.45, 7) is 4.78. The fraction of sp³-hybridized carbons (Fsp3) is 0.500. The average molecular weight is 250 g/mol. The van der Waals surface area contributed by atoms with Crippen LogP contribution in [0.25, 0.3) is 0 Å². The molecule has 4 nitrogen and oxygen atoms in total. The number of urea groups is 1. The normalized spacial score (nSPS) is 10.1. The maximum absolute atomic E-state index is 11.4. The fourth-order valence-electron chi connectivity index (χ4n) is 2.10. The van der Waals surface area contributed by atoms with Crippen LogP contribution in [-0.4, -0.2) is 38.7 Å². The lowest BCUT2D eigenvalue weighted by Crippen LogP contribution is -2.36. The number of hydrogen-bond acceptors (Lipinski definition) is 2. The summed E-state index contributed by atoms with van der Waals surface area (Å²) in [6.07, 6.45) is 0.843. The summed E-state index contributed by atoms with van der Waals surface area (Å²) < 4.78 is 5.34. The molecule has 0 aliphatic heterocycles. The van der Waals surface area contributed by atoms with Crippen LogP contribution in [0.4, 0.5) is 4.79 Å². The Morgan fingerprint density at radius 3 is 2.33 bits per heavy atom. The molecule has 0 saturated heterocycles. The highest BCUT2D eigenvalue weighted by atomic mass is 16.5. The van der Waals surface area contributed by atoms with Crippen molar-refractivity contribution in [3.8, 4) is 5.75 Å². The minimum atomic E-state index is -0.0584. The quantitative estimate of drug-likeness (QED) is 0.889. The van der Waals surface area contributed by atoms with Gasteiger partial charge in [0.2, 0.25) is 0 Å². The van der Waals surface area contributed by atoms with Gasteiger partial charge in [-0.25, -0.2) is 4.79 Å². The van der Waals surface area contributed by atoms with Gasteiger partial charge in [0.1, 0.15) is 5.75 Å². The summed E-state index contributed by atoms with van der Waals surface area (Å²) in [5.74, 6) is 0.943. The van der Waals surface area contributed by atoms with Gasteiger partial charge >= 0.3 is 6.03 Å². The minimum Gasteiger partial charge on any atom is -0.496 e. The van der Waals surface area contributed by atoms with E-state index in [9.17, 15) is 4.79 Å². The standard InChI is InChI=1S/C14H22N2O2/c1-10-8-12(9-11(2)13(10)18-5)6-7-16(4)14(17)15-3/h8-9H,6-7H2,1-5H3,(H,15,17). The van der Waals surface area contributed by atoms with E-state index in [2.05, 4.69) is 17.4 Å². The molecular weight excluding hydrogens is 228 g/mol. The summed E-state index contributed by atoms with van der Waals surface area (Å²) >= 11 is 0. The molecule has 100 valence electrons. The van der Waals surface area contributed by atoms with Crippen LogP contribution >= 0.6 is 0 Å². The Morgan fingerprint density at radius 1 is 1.33 bits per heavy atom. The number of rotatable bonds is 4. The lowest BCUT2D eigenvalue weighted by atomic mass is 10.0. The van der Waals surface area contributed by atoms with Gasteiger partial charge in [-0.2, -0.15) is 0 Å². The SMILES string of the molecule is CNC(=O)N(C)CCc1cc(C)c(OC)c(C)c1. The first-order valence-electron chi connectivity index (χ1n) is 6.06. The number of amides is 2. The third-order valence-corrected chi connectivity index (χ3v) is 3.02. The third kappa shape index (κ3) is 3.39. The highest BCUT2D eigenvalue weighted by Gasteiger charge is 2.08. The van der Waals surface area contributed by atoms with Crippen molar-refractivity contribution in [2.24, 2.45) is 0 Å². The van der Waals surface area contributed by atoms with Crippen LogP contribution in [0.2, 0.25) is 0 Å². The fourth-order valence-corrected chi connectivity index (χ4v) is 2.10. The van der Waals surface area contributed by atoms with E-state index in [1.54, 1.807) is 26.1 Å². The number of hydrogen-bond donors (Lipinski definition) is 1. The zero-order valence-corrected chi connectivity index (χ0v) is 11.8. The second-order valence-corrected chi connectivity index (χ2v) is 4.49. The van der Waals surface area contributed by atoms with Gasteiger partial charge in [-0.15, -0.1) is 0 Å². The van der Waals surface area contributed by atoms with Crippen molar-refractivity contribution in [3.63, 3.8) is 0 Å². The van der Waals surface area contributed by atoms with Crippen LogP contribution in [0.5, 0.6) is 5.75 Å². The summed E-state index contributed by atoms with van der Waals surface area (Å²) in [5.41, 5.74) is 3.49. The third-order valence-electron chi connectivity index (χ3n) is 3.02. The van der Waals surface area contributed by atoms with Crippen molar-refractivity contribution in [2.45, 2.75) is 20.3 Å². The molecule has 1 aromatic carbocycles. The molecule has 0 radical (unpaired) electrons. The molecule has 0 unspecified atom stereocenters. The predicted molar refractivity (Wildman–Crippen MR) is 73.3 cm³/mol. The Balaban J connectivity index is 2.72. The van der Waals surface area contributed by atoms with E-state index in [0.29, 0.717) is 6.54 Å². The van der Waals surface area contributed by atoms with Crippen molar-refractivity contribution in [2.75, 3.05) is 27.7 Å². The zero-order chi connectivity index (χ0) is 13.7. The molecule has 4 heteroatoms. The lowest BCUT2D eigenvalue weighted by molar-refractivity contribution is 0.211. The number of likely N-dealkylation sites (N-methyl/N-ethyl adjacent to an activating group) is 1. The van der Waals surface area contributed by atoms with E-state index in [-0.39, 0.29) is 6.03 Å². The van der Waals surface area contributed by atoms with Gasteiger partial charge in [-0.1, -0.05) is 12.1 Å². The molecule has 0 atom stereocenters. The van der Waals surface area contributed by atoms with E-state index >= 15 is 0 Å². The van der Waals surface area contributed by atoms with Crippen LogP contribution in [0, 0.1) is 13.8 Å². The highest BCUT2D eigenvalue weighted by molar-refractivity contribution is 5.73. The van der Waals surface area contributed by atoms with Crippen LogP contribution in [0.3, 0.4) is 0 Å². The van der Waals surface area contributed by atoms with Crippen LogP contribution in [-0.2, 0) is 6.42 Å². The molecule has 0 aliphatic rings. The molecule has 1 N–H and O–H groups in total. The number of methoxy groups -OCH3 is 1. The molecule has 0 aliphatic carbocycles. The molecule has 1 rings (SSSR count). The predicted octanol–water partition coefficient (Wildman–Crippen LogP) is 2.13. The number of benzene rings is 1. The number of nitrogens with zero attached hydrogens (tertiary/aromatic N) is 1. The summed E-state index contributed by atoms with van der Waals surface area (Å²) in [5, 5.41) is 2.61. The Kier molecular flexibility index (Phi) is 5.01. The van der Waals surface area contributed by atoms with Gasteiger partial charge in [0.05, 0.1) is 7.11 Å². The molecule has 0 saturated carbocycles. The van der Waals surface area contributed by atoms with Gasteiger partial charge in [0, 0.05) is 20.6 Å². The van der Waals surface area contributed by atoms with Gasteiger partial charge in [-0.3, -0.25) is 0 Å². The van der Waals surface area contributed by atoms with Gasteiger partial charge < -0.3 is 15.0 Å². The molecular formula is C14H22N2O2. The van der Waals surface area contributed by atoms with Crippen molar-refractivity contribution in [3.05, 3.63) is 28.8 Å².